The van der Waals surface area contributed by atoms with E-state index in [2.05, 4.69) is 22.0 Å². The molecule has 0 fully saturated rings. The third-order valence-electron chi connectivity index (χ3n) is 1.62. The Hall–Kier alpha value is 0.260. The van der Waals surface area contributed by atoms with Crippen LogP contribution in [0.2, 0.25) is 0 Å². The highest BCUT2D eigenvalue weighted by Gasteiger charge is 1.96. The van der Waals surface area contributed by atoms with Crippen LogP contribution in [0, 0.1) is 0 Å². The van der Waals surface area contributed by atoms with E-state index in [-0.39, 0.29) is 0 Å². The molecule has 0 aliphatic carbocycles. The van der Waals surface area contributed by atoms with Gasteiger partial charge in [0.1, 0.15) is 6.33 Å². The lowest BCUT2D eigenvalue weighted by Gasteiger charge is -1.97. The second kappa shape index (κ2) is 7.64. The Morgan fingerprint density at radius 1 is 1.31 bits per heavy atom. The number of thiol groups is 1. The lowest BCUT2D eigenvalue weighted by molar-refractivity contribution is 0.712. The molecule has 0 saturated heterocycles. The molecule has 2 nitrogen and oxygen atoms in total. The minimum absolute atomic E-state index is 1.02. The van der Waals surface area contributed by atoms with Crippen molar-refractivity contribution in [2.45, 2.75) is 30.0 Å². The van der Waals surface area contributed by atoms with Crippen molar-refractivity contribution in [3.8, 4) is 0 Å². The molecule has 0 amide bonds. The molecule has 0 aliphatic heterocycles. The molecule has 0 spiro atoms. The van der Waals surface area contributed by atoms with Gasteiger partial charge < -0.3 is 0 Å². The summed E-state index contributed by atoms with van der Waals surface area (Å²) >= 11 is 7.46. The molecule has 0 aromatic carbocycles. The summed E-state index contributed by atoms with van der Waals surface area (Å²) in [6, 6.07) is 0. The molecular formula is C8H14N2S3. The monoisotopic (exact) mass is 234 g/mol. The molecule has 1 heterocycles. The van der Waals surface area contributed by atoms with Gasteiger partial charge in [-0.1, -0.05) is 24.6 Å². The van der Waals surface area contributed by atoms with Crippen LogP contribution in [0.3, 0.4) is 0 Å². The zero-order valence-corrected chi connectivity index (χ0v) is 10.0. The van der Waals surface area contributed by atoms with Crippen LogP contribution >= 0.6 is 35.9 Å². The van der Waals surface area contributed by atoms with Crippen molar-refractivity contribution >= 4 is 35.9 Å². The number of unbranched alkanes of at least 4 members (excludes halogenated alkanes) is 3. The van der Waals surface area contributed by atoms with E-state index in [0.29, 0.717) is 0 Å². The van der Waals surface area contributed by atoms with Gasteiger partial charge in [-0.15, -0.1) is 0 Å². The zero-order chi connectivity index (χ0) is 9.36. The van der Waals surface area contributed by atoms with Crippen LogP contribution in [-0.2, 0) is 0 Å². The number of hydrogen-bond donors (Lipinski definition) is 1. The maximum absolute atomic E-state index is 4.17. The molecule has 1 aromatic heterocycles. The van der Waals surface area contributed by atoms with Gasteiger partial charge >= 0.3 is 0 Å². The van der Waals surface area contributed by atoms with E-state index < -0.39 is 0 Å². The fourth-order valence-corrected chi connectivity index (χ4v) is 2.69. The number of nitrogens with zero attached hydrogens (tertiary/aromatic N) is 2. The average Bonchev–Trinajstić information content (AvgIpc) is 2.63. The van der Waals surface area contributed by atoms with Crippen molar-refractivity contribution in [1.82, 2.24) is 9.36 Å². The summed E-state index contributed by atoms with van der Waals surface area (Å²) in [6.45, 7) is 0. The highest BCUT2D eigenvalue weighted by molar-refractivity contribution is 8.00. The van der Waals surface area contributed by atoms with E-state index in [1.807, 2.05) is 11.8 Å². The zero-order valence-electron chi connectivity index (χ0n) is 7.48. The first-order chi connectivity index (χ1) is 6.43. The number of aromatic nitrogens is 2. The Bertz CT molecular complexity index is 201. The van der Waals surface area contributed by atoms with Crippen molar-refractivity contribution < 1.29 is 0 Å². The fourth-order valence-electron chi connectivity index (χ4n) is 0.953. The molecule has 74 valence electrons. The Balaban J connectivity index is 1.90. The first-order valence-corrected chi connectivity index (χ1v) is 6.83. The van der Waals surface area contributed by atoms with E-state index >= 15 is 0 Å². The van der Waals surface area contributed by atoms with Crippen LogP contribution in [0.4, 0.5) is 0 Å². The lowest BCUT2D eigenvalue weighted by atomic mass is 10.2. The van der Waals surface area contributed by atoms with Gasteiger partial charge in [0.05, 0.1) is 0 Å². The number of hydrogen-bond acceptors (Lipinski definition) is 5. The van der Waals surface area contributed by atoms with Crippen molar-refractivity contribution in [1.29, 1.82) is 0 Å². The highest BCUT2D eigenvalue weighted by atomic mass is 32.2. The quantitative estimate of drug-likeness (QED) is 0.446. The van der Waals surface area contributed by atoms with Crippen LogP contribution in [0.15, 0.2) is 10.7 Å². The predicted molar refractivity (Wildman–Crippen MR) is 63.0 cm³/mol. The van der Waals surface area contributed by atoms with Gasteiger partial charge in [-0.3, -0.25) is 0 Å². The van der Waals surface area contributed by atoms with Crippen LogP contribution in [0.5, 0.6) is 0 Å². The first kappa shape index (κ1) is 11.3. The number of thioether (sulfide) groups is 1. The summed E-state index contributed by atoms with van der Waals surface area (Å²) in [5.41, 5.74) is 0. The molecule has 0 bridgehead atoms. The third-order valence-corrected chi connectivity index (χ3v) is 3.82. The molecule has 0 N–H and O–H groups in total. The first-order valence-electron chi connectivity index (χ1n) is 4.44. The summed E-state index contributed by atoms with van der Waals surface area (Å²) in [5, 5.41) is 0. The average molecular weight is 234 g/mol. The van der Waals surface area contributed by atoms with E-state index in [0.717, 1.165) is 10.1 Å². The van der Waals surface area contributed by atoms with Gasteiger partial charge in [0.2, 0.25) is 0 Å². The molecule has 0 atom stereocenters. The molecule has 0 saturated carbocycles. The van der Waals surface area contributed by atoms with Crippen molar-refractivity contribution in [2.75, 3.05) is 11.5 Å². The van der Waals surface area contributed by atoms with E-state index in [4.69, 9.17) is 0 Å². The second-order valence-electron chi connectivity index (χ2n) is 2.69. The van der Waals surface area contributed by atoms with E-state index in [1.165, 1.54) is 43.0 Å². The maximum atomic E-state index is 4.17. The predicted octanol–water partition coefficient (Wildman–Crippen LogP) is 3.12. The summed E-state index contributed by atoms with van der Waals surface area (Å²) in [7, 11) is 0. The van der Waals surface area contributed by atoms with Crippen molar-refractivity contribution in [3.63, 3.8) is 0 Å². The minimum Gasteiger partial charge on any atom is -0.216 e. The maximum Gasteiger partial charge on any atom is 0.169 e. The molecule has 0 aliphatic rings. The number of rotatable bonds is 7. The second-order valence-corrected chi connectivity index (χ2v) is 5.26. The van der Waals surface area contributed by atoms with E-state index in [9.17, 15) is 0 Å². The Labute approximate surface area is 93.1 Å². The largest absolute Gasteiger partial charge is 0.216 e. The Morgan fingerprint density at radius 2 is 2.15 bits per heavy atom. The molecule has 0 radical (unpaired) electrons. The Morgan fingerprint density at radius 3 is 2.85 bits per heavy atom. The van der Waals surface area contributed by atoms with E-state index in [1.54, 1.807) is 6.33 Å². The summed E-state index contributed by atoms with van der Waals surface area (Å²) < 4.78 is 5.04. The lowest BCUT2D eigenvalue weighted by Crippen LogP contribution is -1.82. The highest BCUT2D eigenvalue weighted by Crippen LogP contribution is 2.19. The summed E-state index contributed by atoms with van der Waals surface area (Å²) in [5.74, 6) is 2.19. The van der Waals surface area contributed by atoms with Crippen LogP contribution < -0.4 is 0 Å². The van der Waals surface area contributed by atoms with Gasteiger partial charge in [-0.25, -0.2) is 4.98 Å². The van der Waals surface area contributed by atoms with Gasteiger partial charge in [-0.05, 0) is 30.1 Å². The smallest absolute Gasteiger partial charge is 0.169 e. The minimum atomic E-state index is 1.02. The van der Waals surface area contributed by atoms with Crippen molar-refractivity contribution in [3.05, 3.63) is 6.33 Å². The van der Waals surface area contributed by atoms with Crippen LogP contribution in [0.1, 0.15) is 25.7 Å². The van der Waals surface area contributed by atoms with Gasteiger partial charge in [0, 0.05) is 5.75 Å². The molecule has 1 aromatic rings. The molecule has 5 heteroatoms. The molecule has 13 heavy (non-hydrogen) atoms. The third kappa shape index (κ3) is 5.54. The van der Waals surface area contributed by atoms with Crippen molar-refractivity contribution in [2.24, 2.45) is 0 Å². The van der Waals surface area contributed by atoms with Gasteiger partial charge in [0.15, 0.2) is 4.34 Å². The Kier molecular flexibility index (Phi) is 6.67. The molecular weight excluding hydrogens is 220 g/mol. The SMILES string of the molecule is SCCCCCCSc1ncns1. The molecule has 0 unspecified atom stereocenters. The van der Waals surface area contributed by atoms with Crippen LogP contribution in [-0.4, -0.2) is 20.9 Å². The fraction of sp³-hybridized carbons (Fsp3) is 0.750. The topological polar surface area (TPSA) is 25.8 Å². The summed E-state index contributed by atoms with van der Waals surface area (Å²) in [4.78, 5) is 4.11. The summed E-state index contributed by atoms with van der Waals surface area (Å²) in [6.07, 6.45) is 6.76. The molecule has 1 rings (SSSR count). The standard InChI is InChI=1S/C8H14N2S3/c11-5-3-1-2-4-6-12-8-9-7-10-13-8/h7,11H,1-6H2. The van der Waals surface area contributed by atoms with Gasteiger partial charge in [-0.2, -0.15) is 17.0 Å². The van der Waals surface area contributed by atoms with Gasteiger partial charge in [0.25, 0.3) is 0 Å². The van der Waals surface area contributed by atoms with Crippen LogP contribution in [0.25, 0.3) is 0 Å². The normalized spacial score (nSPS) is 10.5.